The Balaban J connectivity index is 1.59. The van der Waals surface area contributed by atoms with E-state index >= 15 is 0 Å². The van der Waals surface area contributed by atoms with Gasteiger partial charge < -0.3 is 10.2 Å². The Hall–Kier alpha value is -2.25. The molecule has 0 saturated carbocycles. The third kappa shape index (κ3) is 4.33. The van der Waals surface area contributed by atoms with Crippen LogP contribution in [-0.2, 0) is 9.59 Å². The number of halogens is 4. The molecule has 2 aliphatic heterocycles. The molecule has 0 atom stereocenters. The van der Waals surface area contributed by atoms with Crippen LogP contribution < -0.4 is 10.2 Å². The molecular weight excluding hydrogens is 496 g/mol. The monoisotopic (exact) mass is 511 g/mol. The third-order valence-corrected chi connectivity index (χ3v) is 6.66. The zero-order valence-corrected chi connectivity index (χ0v) is 19.7. The molecule has 0 bridgehead atoms. The molecule has 1 saturated heterocycles. The van der Waals surface area contributed by atoms with E-state index in [-0.39, 0.29) is 37.4 Å². The highest BCUT2D eigenvalue weighted by Crippen LogP contribution is 2.38. The zero-order valence-electron chi connectivity index (χ0n) is 16.6. The predicted molar refractivity (Wildman–Crippen MR) is 127 cm³/mol. The Labute approximate surface area is 204 Å². The van der Waals surface area contributed by atoms with E-state index in [9.17, 15) is 14.4 Å². The maximum absolute atomic E-state index is 13.0. The number of amides is 3. The number of nitrogens with zero attached hydrogens (tertiary/aromatic N) is 2. The second-order valence-electron chi connectivity index (χ2n) is 7.41. The van der Waals surface area contributed by atoms with Crippen molar-refractivity contribution in [2.45, 2.75) is 19.3 Å². The molecule has 3 amide bonds. The van der Waals surface area contributed by atoms with E-state index in [0.717, 1.165) is 37.3 Å². The Bertz CT molecular complexity index is 1160. The van der Waals surface area contributed by atoms with E-state index in [1.165, 1.54) is 12.1 Å². The largest absolute Gasteiger partial charge is 0.350 e. The Morgan fingerprint density at radius 1 is 0.844 bits per heavy atom. The summed E-state index contributed by atoms with van der Waals surface area (Å²) >= 11 is 24.4. The van der Waals surface area contributed by atoms with E-state index in [2.05, 4.69) is 5.32 Å². The van der Waals surface area contributed by atoms with Gasteiger partial charge in [-0.3, -0.25) is 14.4 Å². The molecule has 0 unspecified atom stereocenters. The molecule has 0 radical (unpaired) electrons. The second-order valence-corrected chi connectivity index (χ2v) is 9.01. The van der Waals surface area contributed by atoms with Crippen molar-refractivity contribution in [3.05, 3.63) is 67.8 Å². The summed E-state index contributed by atoms with van der Waals surface area (Å²) in [4.78, 5) is 41.2. The van der Waals surface area contributed by atoms with Gasteiger partial charge in [-0.2, -0.15) is 0 Å². The molecule has 0 aliphatic carbocycles. The average molecular weight is 513 g/mol. The molecule has 2 aromatic carbocycles. The minimum Gasteiger partial charge on any atom is -0.350 e. The fraction of sp³-hybridized carbons (Fsp3) is 0.227. The number of carbonyl (C=O) groups excluding carboxylic acids is 3. The predicted octanol–water partition coefficient (Wildman–Crippen LogP) is 5.71. The minimum absolute atomic E-state index is 0.0695. The fourth-order valence-corrected chi connectivity index (χ4v) is 4.51. The number of carbonyl (C=O) groups is 3. The van der Waals surface area contributed by atoms with Crippen LogP contribution in [0.5, 0.6) is 0 Å². The lowest BCUT2D eigenvalue weighted by molar-refractivity contribution is -0.120. The van der Waals surface area contributed by atoms with Crippen molar-refractivity contribution in [3.63, 3.8) is 0 Å². The molecule has 6 nitrogen and oxygen atoms in total. The second kappa shape index (κ2) is 9.32. The summed E-state index contributed by atoms with van der Waals surface area (Å²) in [6, 6.07) is 9.38. The molecule has 2 aliphatic rings. The van der Waals surface area contributed by atoms with E-state index in [1.807, 2.05) is 4.90 Å². The van der Waals surface area contributed by atoms with Crippen molar-refractivity contribution in [1.82, 2.24) is 4.90 Å². The number of anilines is 2. The number of rotatable bonds is 4. The number of hydrogen-bond donors (Lipinski definition) is 1. The molecule has 166 valence electrons. The Morgan fingerprint density at radius 2 is 1.53 bits per heavy atom. The molecule has 32 heavy (non-hydrogen) atoms. The lowest BCUT2D eigenvalue weighted by atomic mass is 10.1. The maximum atomic E-state index is 13.0. The van der Waals surface area contributed by atoms with E-state index in [4.69, 9.17) is 46.4 Å². The summed E-state index contributed by atoms with van der Waals surface area (Å²) in [6.45, 7) is 1.44. The minimum atomic E-state index is -0.750. The number of benzene rings is 2. The van der Waals surface area contributed by atoms with Gasteiger partial charge in [-0.15, -0.1) is 0 Å². The standard InChI is InChI=1S/C22H17Cl4N3O3/c23-14-10-16(25)17(11-15(14)24)29-21(31)18(26)19(22(29)32)27-13-6-4-5-12(9-13)20(30)28-7-2-1-3-8-28/h4-6,9-11,27H,1-3,7-8H2. The topological polar surface area (TPSA) is 69.7 Å². The number of piperidine rings is 1. The molecule has 2 heterocycles. The molecule has 2 aromatic rings. The molecule has 0 spiro atoms. The van der Waals surface area contributed by atoms with Crippen LogP contribution in [0.15, 0.2) is 47.1 Å². The molecule has 1 N–H and O–H groups in total. The van der Waals surface area contributed by atoms with Crippen molar-refractivity contribution in [2.24, 2.45) is 0 Å². The van der Waals surface area contributed by atoms with Crippen LogP contribution in [0.25, 0.3) is 0 Å². The van der Waals surface area contributed by atoms with Gasteiger partial charge in [-0.25, -0.2) is 4.90 Å². The summed E-state index contributed by atoms with van der Waals surface area (Å²) in [7, 11) is 0. The number of imide groups is 1. The lowest BCUT2D eigenvalue weighted by Crippen LogP contribution is -2.35. The van der Waals surface area contributed by atoms with E-state index < -0.39 is 11.8 Å². The highest BCUT2D eigenvalue weighted by atomic mass is 35.5. The number of nitrogens with one attached hydrogen (secondary N) is 1. The van der Waals surface area contributed by atoms with E-state index in [0.29, 0.717) is 11.3 Å². The Kier molecular flexibility index (Phi) is 6.67. The number of likely N-dealkylation sites (tertiary alicyclic amines) is 1. The molecule has 4 rings (SSSR count). The van der Waals surface area contributed by atoms with Crippen LogP contribution >= 0.6 is 46.4 Å². The van der Waals surface area contributed by atoms with Crippen molar-refractivity contribution >= 4 is 75.5 Å². The molecular formula is C22H17Cl4N3O3. The molecule has 10 heteroatoms. The maximum Gasteiger partial charge on any atom is 0.283 e. The summed E-state index contributed by atoms with van der Waals surface area (Å²) in [5, 5.41) is 2.97. The van der Waals surface area contributed by atoms with Crippen LogP contribution in [0.2, 0.25) is 15.1 Å². The quantitative estimate of drug-likeness (QED) is 0.420. The normalized spacial score (nSPS) is 16.8. The van der Waals surface area contributed by atoms with Gasteiger partial charge in [0.25, 0.3) is 17.7 Å². The fourth-order valence-electron chi connectivity index (χ4n) is 3.67. The lowest BCUT2D eigenvalue weighted by Gasteiger charge is -2.26. The van der Waals surface area contributed by atoms with Gasteiger partial charge in [0.15, 0.2) is 0 Å². The van der Waals surface area contributed by atoms with Crippen LogP contribution in [0.3, 0.4) is 0 Å². The van der Waals surface area contributed by atoms with Gasteiger partial charge in [-0.1, -0.05) is 52.5 Å². The van der Waals surface area contributed by atoms with Crippen molar-refractivity contribution in [2.75, 3.05) is 23.3 Å². The summed E-state index contributed by atoms with van der Waals surface area (Å²) in [5.74, 6) is -1.53. The van der Waals surface area contributed by atoms with Gasteiger partial charge in [0.05, 0.1) is 20.8 Å². The highest BCUT2D eigenvalue weighted by Gasteiger charge is 2.40. The van der Waals surface area contributed by atoms with Gasteiger partial charge in [-0.05, 0) is 49.6 Å². The van der Waals surface area contributed by atoms with E-state index in [1.54, 1.807) is 24.3 Å². The SMILES string of the molecule is O=C(c1cccc(NC2=C(Cl)C(=O)N(c3cc(Cl)c(Cl)cc3Cl)C2=O)c1)N1CCCCC1. The molecule has 0 aromatic heterocycles. The first-order chi connectivity index (χ1) is 15.3. The average Bonchev–Trinajstić information content (AvgIpc) is 3.00. The summed E-state index contributed by atoms with van der Waals surface area (Å²) in [5.41, 5.74) is 0.875. The third-order valence-electron chi connectivity index (χ3n) is 5.28. The first-order valence-electron chi connectivity index (χ1n) is 9.87. The van der Waals surface area contributed by atoms with Gasteiger partial charge >= 0.3 is 0 Å². The van der Waals surface area contributed by atoms with Crippen LogP contribution in [0.4, 0.5) is 11.4 Å². The van der Waals surface area contributed by atoms with Crippen molar-refractivity contribution in [3.8, 4) is 0 Å². The first-order valence-corrected chi connectivity index (χ1v) is 11.4. The zero-order chi connectivity index (χ0) is 23.0. The van der Waals surface area contributed by atoms with Gasteiger partial charge in [0.1, 0.15) is 10.7 Å². The Morgan fingerprint density at radius 3 is 2.25 bits per heavy atom. The van der Waals surface area contributed by atoms with Crippen LogP contribution in [-0.4, -0.2) is 35.7 Å². The smallest absolute Gasteiger partial charge is 0.283 e. The summed E-state index contributed by atoms with van der Waals surface area (Å²) in [6.07, 6.45) is 3.08. The van der Waals surface area contributed by atoms with Crippen molar-refractivity contribution < 1.29 is 14.4 Å². The highest BCUT2D eigenvalue weighted by molar-refractivity contribution is 6.54. The number of hydrogen-bond acceptors (Lipinski definition) is 4. The van der Waals surface area contributed by atoms with Gasteiger partial charge in [0.2, 0.25) is 0 Å². The summed E-state index contributed by atoms with van der Waals surface area (Å²) < 4.78 is 0. The van der Waals surface area contributed by atoms with Gasteiger partial charge in [0, 0.05) is 24.3 Å². The van der Waals surface area contributed by atoms with Crippen molar-refractivity contribution in [1.29, 1.82) is 0 Å². The molecule has 1 fully saturated rings. The first kappa shape index (κ1) is 22.9. The van der Waals surface area contributed by atoms with Crippen LogP contribution in [0, 0.1) is 0 Å². The van der Waals surface area contributed by atoms with Crippen LogP contribution in [0.1, 0.15) is 29.6 Å².